The number of benzene rings is 2. The van der Waals surface area contributed by atoms with E-state index in [2.05, 4.69) is 93.5 Å². The Balaban J connectivity index is 1.50. The maximum Gasteiger partial charge on any atom is 0.209 e. The molecule has 0 N–H and O–H groups in total. The molecule has 0 atom stereocenters. The number of allylic oxidation sites excluding steroid dienone is 8. The SMILES string of the molecule is CCCCN1/C(=C/C=C2\CCCC(/C=C/C3=[N+](CCCC)c4ccc([SH](=O)=O)cc4C3(C)C)=C2Cl)C(C)(C)c2cc(OSC)ccc21. The second kappa shape index (κ2) is 14.8. The fourth-order valence-electron chi connectivity index (χ4n) is 7.26. The Bertz CT molecular complexity index is 1750. The van der Waals surface area contributed by atoms with Crippen LogP contribution in [-0.4, -0.2) is 38.1 Å². The predicted molar refractivity (Wildman–Crippen MR) is 201 cm³/mol. The summed E-state index contributed by atoms with van der Waals surface area (Å²) < 4.78 is 31.9. The number of halogens is 1. The van der Waals surface area contributed by atoms with E-state index in [1.54, 1.807) is 6.07 Å². The Hall–Kier alpha value is -2.74. The highest BCUT2D eigenvalue weighted by atomic mass is 35.5. The molecule has 8 heteroatoms. The van der Waals surface area contributed by atoms with E-state index < -0.39 is 10.7 Å². The molecule has 0 saturated heterocycles. The Morgan fingerprint density at radius 3 is 2.43 bits per heavy atom. The van der Waals surface area contributed by atoms with Gasteiger partial charge in [-0.3, -0.25) is 0 Å². The molecule has 2 aromatic rings. The molecule has 252 valence electrons. The minimum atomic E-state index is -2.64. The monoisotopic (exact) mass is 693 g/mol. The zero-order valence-electron chi connectivity index (χ0n) is 29.0. The third-order valence-corrected chi connectivity index (χ3v) is 11.5. The Kier molecular flexibility index (Phi) is 11.2. The van der Waals surface area contributed by atoms with Gasteiger partial charge in [0, 0.05) is 58.8 Å². The highest BCUT2D eigenvalue weighted by molar-refractivity contribution is 7.94. The molecule has 2 aromatic carbocycles. The summed E-state index contributed by atoms with van der Waals surface area (Å²) in [4.78, 5) is 2.85. The first kappa shape index (κ1) is 35.6. The van der Waals surface area contributed by atoms with Crippen molar-refractivity contribution in [2.24, 2.45) is 0 Å². The van der Waals surface area contributed by atoms with Crippen molar-refractivity contribution in [2.75, 3.05) is 24.2 Å². The van der Waals surface area contributed by atoms with Gasteiger partial charge in [-0.15, -0.1) is 0 Å². The predicted octanol–water partition coefficient (Wildman–Crippen LogP) is 10.1. The number of fused-ring (bicyclic) bond motifs is 2. The van der Waals surface area contributed by atoms with Crippen molar-refractivity contribution < 1.29 is 17.2 Å². The fourth-order valence-corrected chi connectivity index (χ4v) is 8.30. The lowest BCUT2D eigenvalue weighted by Gasteiger charge is -2.27. The average Bonchev–Trinajstić information content (AvgIpc) is 3.39. The molecule has 1 aliphatic carbocycles. The number of thiol groups is 1. The van der Waals surface area contributed by atoms with Gasteiger partial charge in [0.15, 0.2) is 16.4 Å². The second-order valence-corrected chi connectivity index (χ2v) is 15.7. The van der Waals surface area contributed by atoms with Gasteiger partial charge < -0.3 is 9.08 Å². The van der Waals surface area contributed by atoms with Gasteiger partial charge in [0.25, 0.3) is 0 Å². The van der Waals surface area contributed by atoms with Crippen LogP contribution < -0.4 is 9.08 Å². The first-order valence-electron chi connectivity index (χ1n) is 17.0. The molecule has 0 amide bonds. The zero-order chi connectivity index (χ0) is 33.9. The van der Waals surface area contributed by atoms with Crippen LogP contribution in [0.4, 0.5) is 11.4 Å². The first-order valence-corrected chi connectivity index (χ1v) is 19.7. The molecule has 0 saturated carbocycles. The van der Waals surface area contributed by atoms with Gasteiger partial charge in [0.05, 0.1) is 22.4 Å². The highest BCUT2D eigenvalue weighted by Gasteiger charge is 2.44. The average molecular weight is 694 g/mol. The van der Waals surface area contributed by atoms with Crippen LogP contribution in [0.25, 0.3) is 0 Å². The van der Waals surface area contributed by atoms with E-state index in [1.807, 2.05) is 18.4 Å². The maximum absolute atomic E-state index is 11.8. The number of unbranched alkanes of at least 4 members (excludes halogenated alkanes) is 2. The molecule has 2 heterocycles. The third kappa shape index (κ3) is 7.04. The maximum atomic E-state index is 11.8. The number of hydrogen-bond donors (Lipinski definition) is 1. The van der Waals surface area contributed by atoms with E-state index in [-0.39, 0.29) is 10.8 Å². The van der Waals surface area contributed by atoms with Crippen molar-refractivity contribution in [1.29, 1.82) is 0 Å². The molecule has 0 aromatic heterocycles. The van der Waals surface area contributed by atoms with Gasteiger partial charge in [-0.1, -0.05) is 64.3 Å². The number of rotatable bonds is 12. The summed E-state index contributed by atoms with van der Waals surface area (Å²) in [6, 6.07) is 12.0. The van der Waals surface area contributed by atoms with Gasteiger partial charge in [-0.25, -0.2) is 8.42 Å². The summed E-state index contributed by atoms with van der Waals surface area (Å²) in [5.74, 6) is 0.884. The van der Waals surface area contributed by atoms with Gasteiger partial charge in [-0.2, -0.15) is 4.58 Å². The standard InChI is InChI=1S/C39H50ClN2O3S2/c1-8-10-23-41-33-19-17-29(45-46-7)25-31(33)38(3,4)35(41)21-15-27-13-12-14-28(37(27)40)16-22-36-39(5,6)32-26-30(47(43)44)18-20-34(32)42(36)24-11-9-2/h15-22,25-26,47H,8-14,23-24H2,1-7H3/q+1. The largest absolute Gasteiger partial charge is 0.426 e. The summed E-state index contributed by atoms with van der Waals surface area (Å²) in [6.07, 6.45) is 18.2. The molecular formula is C39H50ClN2O3S2+. The molecular weight excluding hydrogens is 644 g/mol. The van der Waals surface area contributed by atoms with Crippen LogP contribution in [0.3, 0.4) is 0 Å². The Morgan fingerprint density at radius 1 is 0.957 bits per heavy atom. The summed E-state index contributed by atoms with van der Waals surface area (Å²) in [6.45, 7) is 15.3. The number of anilines is 1. The van der Waals surface area contributed by atoms with Crippen molar-refractivity contribution >= 4 is 51.4 Å². The van der Waals surface area contributed by atoms with Gasteiger partial charge >= 0.3 is 0 Å². The van der Waals surface area contributed by atoms with Crippen LogP contribution in [0.15, 0.2) is 87.5 Å². The molecule has 5 rings (SSSR count). The van der Waals surface area contributed by atoms with Crippen LogP contribution in [0, 0.1) is 0 Å². The topological polar surface area (TPSA) is 49.6 Å². The minimum absolute atomic E-state index is 0.174. The lowest BCUT2D eigenvalue weighted by atomic mass is 9.81. The van der Waals surface area contributed by atoms with E-state index in [0.717, 1.165) is 85.6 Å². The van der Waals surface area contributed by atoms with Crippen molar-refractivity contribution in [1.82, 2.24) is 0 Å². The van der Waals surface area contributed by atoms with E-state index in [1.165, 1.54) is 40.3 Å². The summed E-state index contributed by atoms with van der Waals surface area (Å²) in [5.41, 5.74) is 8.97. The van der Waals surface area contributed by atoms with Crippen molar-refractivity contribution in [3.05, 3.63) is 93.7 Å². The van der Waals surface area contributed by atoms with Crippen LogP contribution in [0.1, 0.15) is 97.6 Å². The molecule has 2 aliphatic heterocycles. The highest BCUT2D eigenvalue weighted by Crippen LogP contribution is 2.49. The van der Waals surface area contributed by atoms with Gasteiger partial charge in [0.1, 0.15) is 12.3 Å². The lowest BCUT2D eigenvalue weighted by molar-refractivity contribution is -0.438. The molecule has 5 nitrogen and oxygen atoms in total. The summed E-state index contributed by atoms with van der Waals surface area (Å²) in [7, 11) is -2.64. The van der Waals surface area contributed by atoms with E-state index in [9.17, 15) is 8.42 Å². The minimum Gasteiger partial charge on any atom is -0.426 e. The normalized spacial score (nSPS) is 20.3. The van der Waals surface area contributed by atoms with E-state index in [4.69, 9.17) is 15.8 Å². The summed E-state index contributed by atoms with van der Waals surface area (Å²) >= 11 is 8.57. The molecule has 0 bridgehead atoms. The van der Waals surface area contributed by atoms with Crippen LogP contribution >= 0.6 is 23.6 Å². The van der Waals surface area contributed by atoms with Gasteiger partial charge in [-0.05, 0) is 92.6 Å². The molecule has 0 fully saturated rings. The molecule has 47 heavy (non-hydrogen) atoms. The lowest BCUT2D eigenvalue weighted by Crippen LogP contribution is -2.28. The quantitative estimate of drug-likeness (QED) is 0.136. The first-order chi connectivity index (χ1) is 22.4. The van der Waals surface area contributed by atoms with Crippen molar-refractivity contribution in [2.45, 2.75) is 102 Å². The molecule has 0 spiro atoms. The number of hydrogen-bond acceptors (Lipinski definition) is 5. The molecule has 3 aliphatic rings. The summed E-state index contributed by atoms with van der Waals surface area (Å²) in [5, 5.41) is 0.841. The Labute approximate surface area is 293 Å². The van der Waals surface area contributed by atoms with E-state index >= 15 is 0 Å². The molecule has 0 unspecified atom stereocenters. The van der Waals surface area contributed by atoms with Gasteiger partial charge in [0.2, 0.25) is 5.69 Å². The fraction of sp³-hybridized carbons (Fsp3) is 0.462. The second-order valence-electron chi connectivity index (χ2n) is 13.8. The van der Waals surface area contributed by atoms with Crippen molar-refractivity contribution in [3.8, 4) is 5.75 Å². The van der Waals surface area contributed by atoms with Crippen LogP contribution in [0.2, 0.25) is 0 Å². The van der Waals surface area contributed by atoms with Crippen LogP contribution in [0.5, 0.6) is 5.75 Å². The van der Waals surface area contributed by atoms with Crippen molar-refractivity contribution in [3.63, 3.8) is 0 Å². The number of nitrogens with zero attached hydrogens (tertiary/aromatic N) is 2. The van der Waals surface area contributed by atoms with E-state index in [0.29, 0.717) is 4.90 Å². The third-order valence-electron chi connectivity index (χ3n) is 9.94. The zero-order valence-corrected chi connectivity index (χ0v) is 31.5. The Morgan fingerprint density at radius 2 is 1.72 bits per heavy atom. The molecule has 0 radical (unpaired) electrons. The smallest absolute Gasteiger partial charge is 0.209 e. The van der Waals surface area contributed by atoms with Crippen LogP contribution in [-0.2, 0) is 21.5 Å².